The number of benzene rings is 2. The number of hydrogen-bond acceptors (Lipinski definition) is 4. The van der Waals surface area contributed by atoms with Gasteiger partial charge in [0.1, 0.15) is 11.6 Å². The van der Waals surface area contributed by atoms with E-state index in [0.29, 0.717) is 17.9 Å². The number of amides is 1. The van der Waals surface area contributed by atoms with E-state index in [2.05, 4.69) is 15.6 Å². The molecule has 0 saturated heterocycles. The summed E-state index contributed by atoms with van der Waals surface area (Å²) in [7, 11) is 1.61. The van der Waals surface area contributed by atoms with Gasteiger partial charge in [0.25, 0.3) is 5.91 Å². The lowest BCUT2D eigenvalue weighted by Crippen LogP contribution is -2.24. The lowest BCUT2D eigenvalue weighted by molar-refractivity contribution is 0.0951. The van der Waals surface area contributed by atoms with E-state index in [1.165, 1.54) is 0 Å². The molecule has 5 heteroatoms. The molecule has 126 valence electrons. The van der Waals surface area contributed by atoms with Crippen LogP contribution < -0.4 is 15.4 Å². The summed E-state index contributed by atoms with van der Waals surface area (Å²) in [5.74, 6) is 1.07. The Hall–Kier alpha value is -3.34. The van der Waals surface area contributed by atoms with E-state index in [9.17, 15) is 4.79 Å². The third kappa shape index (κ3) is 4.14. The fourth-order valence-electron chi connectivity index (χ4n) is 2.47. The fraction of sp³-hybridized carbons (Fsp3) is 0.100. The van der Waals surface area contributed by atoms with Crippen molar-refractivity contribution in [3.63, 3.8) is 0 Å². The number of ether oxygens (including phenoxy) is 1. The van der Waals surface area contributed by atoms with Gasteiger partial charge >= 0.3 is 0 Å². The minimum absolute atomic E-state index is 0.197. The van der Waals surface area contributed by atoms with Crippen molar-refractivity contribution in [3.8, 4) is 5.75 Å². The zero-order chi connectivity index (χ0) is 17.5. The zero-order valence-corrected chi connectivity index (χ0v) is 13.9. The number of methoxy groups -OCH3 is 1. The van der Waals surface area contributed by atoms with Crippen LogP contribution in [0.25, 0.3) is 0 Å². The van der Waals surface area contributed by atoms with E-state index in [-0.39, 0.29) is 5.91 Å². The maximum atomic E-state index is 12.6. The SMILES string of the molecule is COc1ccccc1CNC(=O)c1cccnc1Nc1ccccc1. The number of para-hydroxylation sites is 2. The zero-order valence-electron chi connectivity index (χ0n) is 13.9. The van der Waals surface area contributed by atoms with Crippen molar-refractivity contribution in [2.75, 3.05) is 12.4 Å². The van der Waals surface area contributed by atoms with E-state index in [1.807, 2.05) is 54.6 Å². The molecule has 0 spiro atoms. The van der Waals surface area contributed by atoms with E-state index in [0.717, 1.165) is 17.0 Å². The highest BCUT2D eigenvalue weighted by atomic mass is 16.5. The molecule has 3 rings (SSSR count). The van der Waals surface area contributed by atoms with Crippen molar-refractivity contribution in [1.82, 2.24) is 10.3 Å². The molecule has 2 N–H and O–H groups in total. The molecule has 0 fully saturated rings. The minimum atomic E-state index is -0.197. The quantitative estimate of drug-likeness (QED) is 0.721. The van der Waals surface area contributed by atoms with Crippen LogP contribution in [-0.2, 0) is 6.54 Å². The number of hydrogen-bond donors (Lipinski definition) is 2. The smallest absolute Gasteiger partial charge is 0.255 e. The summed E-state index contributed by atoms with van der Waals surface area (Å²) < 4.78 is 5.31. The molecule has 1 amide bonds. The molecular formula is C20H19N3O2. The van der Waals surface area contributed by atoms with Gasteiger partial charge in [0.2, 0.25) is 0 Å². The second kappa shape index (κ2) is 7.97. The summed E-state index contributed by atoms with van der Waals surface area (Å²) in [4.78, 5) is 16.9. The van der Waals surface area contributed by atoms with Gasteiger partial charge in [0.15, 0.2) is 0 Å². The molecule has 0 aliphatic heterocycles. The first-order chi connectivity index (χ1) is 12.3. The number of carbonyl (C=O) groups is 1. The van der Waals surface area contributed by atoms with Gasteiger partial charge in [0, 0.05) is 24.0 Å². The van der Waals surface area contributed by atoms with Gasteiger partial charge in [-0.25, -0.2) is 4.98 Å². The summed E-state index contributed by atoms with van der Waals surface area (Å²) in [6, 6.07) is 20.7. The Balaban J connectivity index is 1.74. The predicted octanol–water partition coefficient (Wildman–Crippen LogP) is 3.76. The maximum Gasteiger partial charge on any atom is 0.255 e. The Morgan fingerprint density at radius 3 is 2.56 bits per heavy atom. The highest BCUT2D eigenvalue weighted by molar-refractivity contribution is 5.99. The molecule has 25 heavy (non-hydrogen) atoms. The second-order valence-electron chi connectivity index (χ2n) is 5.39. The topological polar surface area (TPSA) is 63.2 Å². The van der Waals surface area contributed by atoms with Crippen LogP contribution in [0.5, 0.6) is 5.75 Å². The van der Waals surface area contributed by atoms with Gasteiger partial charge in [0.05, 0.1) is 12.7 Å². The molecular weight excluding hydrogens is 314 g/mol. The number of aromatic nitrogens is 1. The Kier molecular flexibility index (Phi) is 5.26. The summed E-state index contributed by atoms with van der Waals surface area (Å²) in [6.45, 7) is 0.377. The standard InChI is InChI=1S/C20H19N3O2/c1-25-18-12-6-5-8-15(18)14-22-20(24)17-11-7-13-21-19(17)23-16-9-3-2-4-10-16/h2-13H,14H2,1H3,(H,21,23)(H,22,24). The van der Waals surface area contributed by atoms with Crippen LogP contribution in [-0.4, -0.2) is 18.0 Å². The lowest BCUT2D eigenvalue weighted by Gasteiger charge is -2.12. The van der Waals surface area contributed by atoms with Crippen molar-refractivity contribution in [1.29, 1.82) is 0 Å². The normalized spacial score (nSPS) is 10.1. The number of nitrogens with one attached hydrogen (secondary N) is 2. The third-order valence-corrected chi connectivity index (χ3v) is 3.72. The molecule has 0 atom stereocenters. The monoisotopic (exact) mass is 333 g/mol. The molecule has 2 aromatic carbocycles. The van der Waals surface area contributed by atoms with Gasteiger partial charge in [-0.2, -0.15) is 0 Å². The van der Waals surface area contributed by atoms with Crippen molar-refractivity contribution < 1.29 is 9.53 Å². The van der Waals surface area contributed by atoms with Gasteiger partial charge in [-0.1, -0.05) is 36.4 Å². The molecule has 0 radical (unpaired) electrons. The van der Waals surface area contributed by atoms with Crippen LogP contribution in [0.3, 0.4) is 0 Å². The van der Waals surface area contributed by atoms with Gasteiger partial charge < -0.3 is 15.4 Å². The van der Waals surface area contributed by atoms with Crippen LogP contribution in [0.15, 0.2) is 72.9 Å². The van der Waals surface area contributed by atoms with E-state index in [1.54, 1.807) is 25.4 Å². The van der Waals surface area contributed by atoms with Crippen LogP contribution in [0.4, 0.5) is 11.5 Å². The Morgan fingerprint density at radius 2 is 1.76 bits per heavy atom. The van der Waals surface area contributed by atoms with E-state index < -0.39 is 0 Å². The average Bonchev–Trinajstić information content (AvgIpc) is 2.67. The van der Waals surface area contributed by atoms with Crippen LogP contribution in [0.2, 0.25) is 0 Å². The number of nitrogens with zero attached hydrogens (tertiary/aromatic N) is 1. The first-order valence-corrected chi connectivity index (χ1v) is 7.95. The highest BCUT2D eigenvalue weighted by Gasteiger charge is 2.13. The van der Waals surface area contributed by atoms with Crippen molar-refractivity contribution in [2.24, 2.45) is 0 Å². The van der Waals surface area contributed by atoms with Gasteiger partial charge in [-0.3, -0.25) is 4.79 Å². The number of carbonyl (C=O) groups excluding carboxylic acids is 1. The van der Waals surface area contributed by atoms with Gasteiger partial charge in [-0.15, -0.1) is 0 Å². The average molecular weight is 333 g/mol. The molecule has 0 saturated carbocycles. The van der Waals surface area contributed by atoms with Crippen LogP contribution in [0.1, 0.15) is 15.9 Å². The molecule has 1 heterocycles. The van der Waals surface area contributed by atoms with Gasteiger partial charge in [-0.05, 0) is 30.3 Å². The fourth-order valence-corrected chi connectivity index (χ4v) is 2.47. The van der Waals surface area contributed by atoms with E-state index in [4.69, 9.17) is 4.74 Å². The first kappa shape index (κ1) is 16.5. The highest BCUT2D eigenvalue weighted by Crippen LogP contribution is 2.19. The minimum Gasteiger partial charge on any atom is -0.496 e. The maximum absolute atomic E-state index is 12.6. The summed E-state index contributed by atoms with van der Waals surface area (Å²) in [5, 5.41) is 6.09. The van der Waals surface area contributed by atoms with E-state index >= 15 is 0 Å². The Labute approximate surface area is 146 Å². The molecule has 0 bridgehead atoms. The first-order valence-electron chi connectivity index (χ1n) is 7.95. The number of pyridine rings is 1. The molecule has 1 aromatic heterocycles. The Morgan fingerprint density at radius 1 is 1.00 bits per heavy atom. The number of anilines is 2. The molecule has 0 aliphatic carbocycles. The second-order valence-corrected chi connectivity index (χ2v) is 5.39. The lowest BCUT2D eigenvalue weighted by atomic mass is 10.2. The molecule has 3 aromatic rings. The summed E-state index contributed by atoms with van der Waals surface area (Å²) in [6.07, 6.45) is 1.66. The molecule has 0 unspecified atom stereocenters. The van der Waals surface area contributed by atoms with Crippen LogP contribution in [0, 0.1) is 0 Å². The largest absolute Gasteiger partial charge is 0.496 e. The van der Waals surface area contributed by atoms with Crippen LogP contribution >= 0.6 is 0 Å². The predicted molar refractivity (Wildman–Crippen MR) is 98.1 cm³/mol. The molecule has 0 aliphatic rings. The third-order valence-electron chi connectivity index (χ3n) is 3.72. The van der Waals surface area contributed by atoms with Crippen molar-refractivity contribution in [2.45, 2.75) is 6.54 Å². The molecule has 5 nitrogen and oxygen atoms in total. The summed E-state index contributed by atoms with van der Waals surface area (Å²) in [5.41, 5.74) is 2.28. The van der Waals surface area contributed by atoms with Crippen molar-refractivity contribution in [3.05, 3.63) is 84.1 Å². The summed E-state index contributed by atoms with van der Waals surface area (Å²) >= 11 is 0. The Bertz CT molecular complexity index is 850. The number of rotatable bonds is 6. The van der Waals surface area contributed by atoms with Crippen molar-refractivity contribution >= 4 is 17.4 Å².